The molecule has 1 amide bonds. The van der Waals surface area contributed by atoms with E-state index in [1.807, 2.05) is 45.0 Å². The van der Waals surface area contributed by atoms with E-state index < -0.39 is 30.1 Å². The number of hydrogen-bond acceptors (Lipinski definition) is 5. The maximum atomic E-state index is 14.0. The number of benzene rings is 2. The zero-order valence-corrected chi connectivity index (χ0v) is 23.4. The second kappa shape index (κ2) is 14.4. The van der Waals surface area contributed by atoms with Gasteiger partial charge in [-0.3, -0.25) is 14.9 Å². The van der Waals surface area contributed by atoms with Crippen molar-refractivity contribution in [1.29, 1.82) is 0 Å². The Hall–Kier alpha value is -3.27. The number of halogens is 3. The standard InChI is InChI=1S/C30H41F3N4O3/c1-4-23(18-34-24-12-14-25(15-13-24)37-16-8-11-22(19-37)29(39)40)35-28(38)26(17-20(2)3)36-27(30(31,32)33)21-9-6-5-7-10-21/h5-7,9-10,12-15,20,22-23,26-27,34,36H,4,8,11,16-19H2,1-3H3,(H,35,38)(H,39,40)/t22-,23-,26-,27-/m0/s1. The lowest BCUT2D eigenvalue weighted by Crippen LogP contribution is -2.52. The van der Waals surface area contributed by atoms with Crippen LogP contribution < -0.4 is 20.9 Å². The van der Waals surface area contributed by atoms with Crippen LogP contribution in [0.4, 0.5) is 24.5 Å². The van der Waals surface area contributed by atoms with Gasteiger partial charge in [0.2, 0.25) is 5.91 Å². The highest BCUT2D eigenvalue weighted by atomic mass is 19.4. The monoisotopic (exact) mass is 562 g/mol. The van der Waals surface area contributed by atoms with Gasteiger partial charge in [0.15, 0.2) is 0 Å². The van der Waals surface area contributed by atoms with Crippen LogP contribution in [-0.2, 0) is 9.59 Å². The maximum Gasteiger partial charge on any atom is 0.407 e. The number of aliphatic carboxylic acids is 1. The summed E-state index contributed by atoms with van der Waals surface area (Å²) in [5, 5.41) is 18.2. The lowest BCUT2D eigenvalue weighted by atomic mass is 9.98. The average Bonchev–Trinajstić information content (AvgIpc) is 2.93. The molecule has 0 bridgehead atoms. The average molecular weight is 563 g/mol. The SMILES string of the molecule is CC[C@@H](CNc1ccc(N2CCC[C@H](C(=O)O)C2)cc1)NC(=O)[C@H](CC(C)C)N[C@@H](c1ccccc1)C(F)(F)F. The number of piperidine rings is 1. The van der Waals surface area contributed by atoms with Gasteiger partial charge < -0.3 is 20.6 Å². The number of nitrogens with zero attached hydrogens (tertiary/aromatic N) is 1. The van der Waals surface area contributed by atoms with Crippen molar-refractivity contribution >= 4 is 23.3 Å². The first kappa shape index (κ1) is 31.3. The first-order chi connectivity index (χ1) is 19.0. The van der Waals surface area contributed by atoms with Crippen LogP contribution in [0.15, 0.2) is 54.6 Å². The molecular weight excluding hydrogens is 521 g/mol. The molecule has 10 heteroatoms. The number of hydrogen-bond donors (Lipinski definition) is 4. The van der Waals surface area contributed by atoms with Crippen molar-refractivity contribution in [3.8, 4) is 0 Å². The van der Waals surface area contributed by atoms with E-state index in [2.05, 4.69) is 20.9 Å². The fraction of sp³-hybridized carbons (Fsp3) is 0.533. The molecule has 0 saturated carbocycles. The summed E-state index contributed by atoms with van der Waals surface area (Å²) >= 11 is 0. The third kappa shape index (κ3) is 9.15. The van der Waals surface area contributed by atoms with Crippen molar-refractivity contribution in [2.45, 2.75) is 70.8 Å². The van der Waals surface area contributed by atoms with Gasteiger partial charge in [0.1, 0.15) is 6.04 Å². The minimum Gasteiger partial charge on any atom is -0.481 e. The molecule has 4 N–H and O–H groups in total. The molecule has 1 aliphatic heterocycles. The highest BCUT2D eigenvalue weighted by molar-refractivity contribution is 5.82. The Morgan fingerprint density at radius 2 is 1.75 bits per heavy atom. The van der Waals surface area contributed by atoms with E-state index in [1.54, 1.807) is 18.2 Å². The van der Waals surface area contributed by atoms with Gasteiger partial charge in [-0.05, 0) is 61.4 Å². The molecule has 0 spiro atoms. The van der Waals surface area contributed by atoms with Crippen molar-refractivity contribution in [3.63, 3.8) is 0 Å². The summed E-state index contributed by atoms with van der Waals surface area (Å²) in [6.07, 6.45) is -2.19. The number of carbonyl (C=O) groups is 2. The second-order valence-electron chi connectivity index (χ2n) is 10.9. The van der Waals surface area contributed by atoms with Gasteiger partial charge in [0.25, 0.3) is 0 Å². The molecule has 1 aliphatic rings. The summed E-state index contributed by atoms with van der Waals surface area (Å²) in [6, 6.07) is 12.0. The lowest BCUT2D eigenvalue weighted by molar-refractivity contribution is -0.161. The Labute approximate surface area is 234 Å². The number of amides is 1. The predicted molar refractivity (Wildman–Crippen MR) is 151 cm³/mol. The Bertz CT molecular complexity index is 1080. The van der Waals surface area contributed by atoms with Gasteiger partial charge in [0.05, 0.1) is 12.0 Å². The van der Waals surface area contributed by atoms with E-state index >= 15 is 0 Å². The summed E-state index contributed by atoms with van der Waals surface area (Å²) in [4.78, 5) is 26.7. The fourth-order valence-electron chi connectivity index (χ4n) is 4.99. The van der Waals surface area contributed by atoms with E-state index in [1.165, 1.54) is 12.1 Å². The number of carboxylic acids is 1. The number of carbonyl (C=O) groups excluding carboxylic acids is 1. The summed E-state index contributed by atoms with van der Waals surface area (Å²) in [5.74, 6) is -1.58. The minimum atomic E-state index is -4.56. The first-order valence-electron chi connectivity index (χ1n) is 14.0. The normalized spacial score (nSPS) is 18.2. The minimum absolute atomic E-state index is 0.00954. The zero-order chi connectivity index (χ0) is 29.3. The molecule has 1 heterocycles. The number of anilines is 2. The third-order valence-corrected chi connectivity index (χ3v) is 7.25. The molecule has 0 aliphatic carbocycles. The van der Waals surface area contributed by atoms with E-state index in [9.17, 15) is 27.9 Å². The molecule has 1 fully saturated rings. The van der Waals surface area contributed by atoms with Crippen LogP contribution in [0.2, 0.25) is 0 Å². The maximum absolute atomic E-state index is 14.0. The lowest BCUT2D eigenvalue weighted by Gasteiger charge is -2.32. The van der Waals surface area contributed by atoms with Gasteiger partial charge in [-0.2, -0.15) is 13.2 Å². The van der Waals surface area contributed by atoms with Crippen molar-refractivity contribution in [2.24, 2.45) is 11.8 Å². The first-order valence-corrected chi connectivity index (χ1v) is 14.0. The number of carboxylic acid groups (broad SMARTS) is 1. The van der Waals surface area contributed by atoms with Crippen LogP contribution in [0.3, 0.4) is 0 Å². The molecule has 3 rings (SSSR count). The molecule has 220 valence electrons. The van der Waals surface area contributed by atoms with E-state index in [0.29, 0.717) is 25.9 Å². The Balaban J connectivity index is 1.61. The fourth-order valence-corrected chi connectivity index (χ4v) is 4.99. The second-order valence-corrected chi connectivity index (χ2v) is 10.9. The summed E-state index contributed by atoms with van der Waals surface area (Å²) in [7, 11) is 0. The van der Waals surface area contributed by atoms with Crippen LogP contribution in [-0.4, -0.2) is 54.9 Å². The molecule has 4 atom stereocenters. The quantitative estimate of drug-likeness (QED) is 0.254. The zero-order valence-electron chi connectivity index (χ0n) is 23.4. The van der Waals surface area contributed by atoms with Crippen LogP contribution in [0.1, 0.15) is 58.1 Å². The molecule has 0 radical (unpaired) electrons. The third-order valence-electron chi connectivity index (χ3n) is 7.25. The van der Waals surface area contributed by atoms with Gasteiger partial charge in [-0.1, -0.05) is 51.1 Å². The summed E-state index contributed by atoms with van der Waals surface area (Å²) in [5.41, 5.74) is 1.86. The van der Waals surface area contributed by atoms with E-state index in [4.69, 9.17) is 0 Å². The van der Waals surface area contributed by atoms with Crippen LogP contribution in [0.5, 0.6) is 0 Å². The Kier molecular flexibility index (Phi) is 11.2. The van der Waals surface area contributed by atoms with Gasteiger partial charge in [0, 0.05) is 37.1 Å². The highest BCUT2D eigenvalue weighted by Gasteiger charge is 2.43. The summed E-state index contributed by atoms with van der Waals surface area (Å²) < 4.78 is 41.9. The molecule has 2 aromatic carbocycles. The van der Waals surface area contributed by atoms with Crippen LogP contribution in [0, 0.1) is 11.8 Å². The van der Waals surface area contributed by atoms with Crippen molar-refractivity contribution in [1.82, 2.24) is 10.6 Å². The molecule has 1 saturated heterocycles. The molecular formula is C30H41F3N4O3. The van der Waals surface area contributed by atoms with E-state index in [0.717, 1.165) is 24.3 Å². The van der Waals surface area contributed by atoms with Crippen molar-refractivity contribution in [2.75, 3.05) is 29.9 Å². The van der Waals surface area contributed by atoms with Crippen LogP contribution in [0.25, 0.3) is 0 Å². The number of nitrogens with one attached hydrogen (secondary N) is 3. The topological polar surface area (TPSA) is 93.7 Å². The van der Waals surface area contributed by atoms with Crippen molar-refractivity contribution < 1.29 is 27.9 Å². The number of alkyl halides is 3. The predicted octanol–water partition coefficient (Wildman–Crippen LogP) is 5.60. The van der Waals surface area contributed by atoms with Crippen LogP contribution >= 0.6 is 0 Å². The van der Waals surface area contributed by atoms with Gasteiger partial charge in [-0.15, -0.1) is 0 Å². The Morgan fingerprint density at radius 3 is 2.33 bits per heavy atom. The molecule has 0 aromatic heterocycles. The highest BCUT2D eigenvalue weighted by Crippen LogP contribution is 2.33. The number of rotatable bonds is 13. The van der Waals surface area contributed by atoms with Gasteiger partial charge in [-0.25, -0.2) is 0 Å². The smallest absolute Gasteiger partial charge is 0.407 e. The molecule has 7 nitrogen and oxygen atoms in total. The van der Waals surface area contributed by atoms with E-state index in [-0.39, 0.29) is 29.9 Å². The Morgan fingerprint density at radius 1 is 1.07 bits per heavy atom. The summed E-state index contributed by atoms with van der Waals surface area (Å²) in [6.45, 7) is 7.37. The molecule has 40 heavy (non-hydrogen) atoms. The molecule has 2 aromatic rings. The largest absolute Gasteiger partial charge is 0.481 e. The molecule has 0 unspecified atom stereocenters. The van der Waals surface area contributed by atoms with Gasteiger partial charge >= 0.3 is 12.1 Å². The van der Waals surface area contributed by atoms with Crippen molar-refractivity contribution in [3.05, 3.63) is 60.2 Å².